The quantitative estimate of drug-likeness (QED) is 0.602. The van der Waals surface area contributed by atoms with Crippen LogP contribution in [0, 0.1) is 0 Å². The van der Waals surface area contributed by atoms with Crippen LogP contribution in [0.15, 0.2) is 54.6 Å². The molecule has 3 N–H and O–H groups in total. The molecule has 0 bridgehead atoms. The summed E-state index contributed by atoms with van der Waals surface area (Å²) >= 11 is 5.05. The minimum absolute atomic E-state index is 0.210. The fourth-order valence-corrected chi connectivity index (χ4v) is 2.22. The molecule has 0 aliphatic carbocycles. The Morgan fingerprint density at radius 3 is 2.09 bits per heavy atom. The maximum absolute atomic E-state index is 12.0. The van der Waals surface area contributed by atoms with Gasteiger partial charge in [0.2, 0.25) is 0 Å². The van der Waals surface area contributed by atoms with Crippen LogP contribution >= 0.6 is 12.2 Å². The number of rotatable bonds is 3. The van der Waals surface area contributed by atoms with Gasteiger partial charge in [-0.3, -0.25) is 15.6 Å². The first-order valence-corrected chi connectivity index (χ1v) is 7.49. The molecule has 2 aromatic rings. The number of hydrogen-bond donors (Lipinski definition) is 3. The number of hydrazine groups is 1. The lowest BCUT2D eigenvalue weighted by atomic mass is 10.0. The third-order valence-electron chi connectivity index (χ3n) is 2.96. The number of nitrogens with one attached hydrogen (secondary N) is 3. The average molecular weight is 313 g/mol. The average Bonchev–Trinajstić information content (AvgIpc) is 2.53. The highest BCUT2D eigenvalue weighted by molar-refractivity contribution is 7.80. The topological polar surface area (TPSA) is 53.2 Å². The van der Waals surface area contributed by atoms with Gasteiger partial charge in [0.1, 0.15) is 0 Å². The molecular weight excluding hydrogens is 294 g/mol. The van der Waals surface area contributed by atoms with Gasteiger partial charge in [-0.05, 0) is 49.3 Å². The van der Waals surface area contributed by atoms with Gasteiger partial charge in [-0.25, -0.2) is 0 Å². The van der Waals surface area contributed by atoms with E-state index in [-0.39, 0.29) is 11.9 Å². The van der Waals surface area contributed by atoms with Crippen molar-refractivity contribution in [2.45, 2.75) is 19.9 Å². The fourth-order valence-electron chi connectivity index (χ4n) is 1.93. The van der Waals surface area contributed by atoms with Gasteiger partial charge in [0.05, 0.1) is 0 Å². The fraction of sp³-hybridized carbons (Fsp3) is 0.176. The molecule has 114 valence electrons. The molecule has 22 heavy (non-hydrogen) atoms. The van der Waals surface area contributed by atoms with Crippen molar-refractivity contribution in [2.24, 2.45) is 0 Å². The first-order valence-electron chi connectivity index (χ1n) is 7.08. The zero-order valence-electron chi connectivity index (χ0n) is 12.6. The van der Waals surface area contributed by atoms with Crippen LogP contribution in [0.5, 0.6) is 0 Å². The molecule has 0 atom stereocenters. The third kappa shape index (κ3) is 4.56. The smallest absolute Gasteiger partial charge is 0.269 e. The second-order valence-corrected chi connectivity index (χ2v) is 5.56. The molecule has 0 saturated heterocycles. The van der Waals surface area contributed by atoms with Gasteiger partial charge in [0.15, 0.2) is 5.11 Å². The van der Waals surface area contributed by atoms with Gasteiger partial charge in [-0.2, -0.15) is 0 Å². The minimum atomic E-state index is -0.229. The zero-order chi connectivity index (χ0) is 15.9. The molecule has 0 radical (unpaired) electrons. The Kier molecular flexibility index (Phi) is 5.49. The van der Waals surface area contributed by atoms with Crippen LogP contribution in [-0.2, 0) is 0 Å². The first kappa shape index (κ1) is 16.0. The summed E-state index contributed by atoms with van der Waals surface area (Å²) in [4.78, 5) is 12.0. The summed E-state index contributed by atoms with van der Waals surface area (Å²) in [5.41, 5.74) is 8.01. The molecular formula is C17H19N3OS. The van der Waals surface area contributed by atoms with Crippen molar-refractivity contribution < 1.29 is 4.79 Å². The predicted octanol–water partition coefficient (Wildman–Crippen LogP) is 2.87. The van der Waals surface area contributed by atoms with E-state index in [1.54, 1.807) is 12.1 Å². The largest absolute Gasteiger partial charge is 0.359 e. The molecule has 4 nitrogen and oxygen atoms in total. The standard InChI is InChI=1S/C17H19N3OS/c1-12(2)18-17(22)20-19-16(21)15-10-8-14(9-11-15)13-6-4-3-5-7-13/h3-12H,1-2H3,(H,19,21)(H2,18,20,22). The van der Waals surface area contributed by atoms with Crippen molar-refractivity contribution in [3.8, 4) is 11.1 Å². The van der Waals surface area contributed by atoms with E-state index in [1.165, 1.54) is 0 Å². The Labute approximate surface area is 135 Å². The highest BCUT2D eigenvalue weighted by Crippen LogP contribution is 2.19. The lowest BCUT2D eigenvalue weighted by Crippen LogP contribution is -2.48. The highest BCUT2D eigenvalue weighted by atomic mass is 32.1. The van der Waals surface area contributed by atoms with Crippen LogP contribution in [0.3, 0.4) is 0 Å². The van der Waals surface area contributed by atoms with Gasteiger partial charge in [-0.1, -0.05) is 42.5 Å². The van der Waals surface area contributed by atoms with Crippen molar-refractivity contribution >= 4 is 23.2 Å². The molecule has 0 spiro atoms. The lowest BCUT2D eigenvalue weighted by Gasteiger charge is -2.13. The van der Waals surface area contributed by atoms with Gasteiger partial charge in [0, 0.05) is 11.6 Å². The number of carbonyl (C=O) groups excluding carboxylic acids is 1. The molecule has 5 heteroatoms. The maximum Gasteiger partial charge on any atom is 0.269 e. The van der Waals surface area contributed by atoms with Crippen molar-refractivity contribution in [2.75, 3.05) is 0 Å². The molecule has 0 fully saturated rings. The number of benzene rings is 2. The van der Waals surface area contributed by atoms with E-state index in [4.69, 9.17) is 12.2 Å². The lowest BCUT2D eigenvalue weighted by molar-refractivity contribution is 0.0943. The summed E-state index contributed by atoms with van der Waals surface area (Å²) in [6, 6.07) is 17.7. The molecule has 0 unspecified atom stereocenters. The second-order valence-electron chi connectivity index (χ2n) is 5.15. The summed E-state index contributed by atoms with van der Waals surface area (Å²) in [5, 5.41) is 3.38. The van der Waals surface area contributed by atoms with Gasteiger partial charge in [0.25, 0.3) is 5.91 Å². The van der Waals surface area contributed by atoms with Gasteiger partial charge < -0.3 is 5.32 Å². The third-order valence-corrected chi connectivity index (χ3v) is 3.18. The summed E-state index contributed by atoms with van der Waals surface area (Å²) in [6.45, 7) is 3.94. The van der Waals surface area contributed by atoms with Gasteiger partial charge in [-0.15, -0.1) is 0 Å². The van der Waals surface area contributed by atoms with Gasteiger partial charge >= 0.3 is 0 Å². The van der Waals surface area contributed by atoms with E-state index in [0.29, 0.717) is 10.7 Å². The van der Waals surface area contributed by atoms with Crippen LogP contribution in [0.25, 0.3) is 11.1 Å². The maximum atomic E-state index is 12.0. The van der Waals surface area contributed by atoms with E-state index in [1.807, 2.05) is 56.3 Å². The number of hydrogen-bond acceptors (Lipinski definition) is 2. The first-order chi connectivity index (χ1) is 10.6. The summed E-state index contributed by atoms with van der Waals surface area (Å²) in [7, 11) is 0. The van der Waals surface area contributed by atoms with E-state index in [0.717, 1.165) is 11.1 Å². The molecule has 2 rings (SSSR count). The Hall–Kier alpha value is -2.40. The Morgan fingerprint density at radius 1 is 0.909 bits per heavy atom. The van der Waals surface area contributed by atoms with E-state index in [2.05, 4.69) is 16.2 Å². The molecule has 0 heterocycles. The molecule has 1 amide bonds. The minimum Gasteiger partial charge on any atom is -0.359 e. The van der Waals surface area contributed by atoms with Crippen molar-refractivity contribution in [1.82, 2.24) is 16.2 Å². The van der Waals surface area contributed by atoms with Crippen LogP contribution in [0.4, 0.5) is 0 Å². The van der Waals surface area contributed by atoms with Crippen molar-refractivity contribution in [1.29, 1.82) is 0 Å². The molecule has 0 saturated carbocycles. The van der Waals surface area contributed by atoms with Crippen LogP contribution in [-0.4, -0.2) is 17.1 Å². The van der Waals surface area contributed by atoms with Crippen LogP contribution in [0.2, 0.25) is 0 Å². The van der Waals surface area contributed by atoms with Crippen LogP contribution in [0.1, 0.15) is 24.2 Å². The van der Waals surface area contributed by atoms with Crippen molar-refractivity contribution in [3.63, 3.8) is 0 Å². The normalized spacial score (nSPS) is 10.1. The monoisotopic (exact) mass is 313 g/mol. The number of thiocarbonyl (C=S) groups is 1. The molecule has 0 aromatic heterocycles. The van der Waals surface area contributed by atoms with Crippen molar-refractivity contribution in [3.05, 3.63) is 60.2 Å². The SMILES string of the molecule is CC(C)NC(=S)NNC(=O)c1ccc(-c2ccccc2)cc1. The molecule has 0 aliphatic heterocycles. The highest BCUT2D eigenvalue weighted by Gasteiger charge is 2.06. The van der Waals surface area contributed by atoms with E-state index in [9.17, 15) is 4.79 Å². The Bertz CT molecular complexity index is 639. The summed E-state index contributed by atoms with van der Waals surface area (Å²) in [5.74, 6) is -0.229. The number of amides is 1. The summed E-state index contributed by atoms with van der Waals surface area (Å²) < 4.78 is 0. The van der Waals surface area contributed by atoms with Crippen LogP contribution < -0.4 is 16.2 Å². The molecule has 0 aliphatic rings. The number of carbonyl (C=O) groups is 1. The molecule has 2 aromatic carbocycles. The van der Waals surface area contributed by atoms with E-state index < -0.39 is 0 Å². The Balaban J connectivity index is 1.95. The van der Waals surface area contributed by atoms with E-state index >= 15 is 0 Å². The Morgan fingerprint density at radius 2 is 1.50 bits per heavy atom. The summed E-state index contributed by atoms with van der Waals surface area (Å²) in [6.07, 6.45) is 0. The zero-order valence-corrected chi connectivity index (χ0v) is 13.4. The second kappa shape index (κ2) is 7.56. The predicted molar refractivity (Wildman–Crippen MR) is 93.3 cm³/mol.